The highest BCUT2D eigenvalue weighted by atomic mass is 19.4. The molecule has 2 fully saturated rings. The average molecular weight is 406 g/mol. The van der Waals surface area contributed by atoms with Gasteiger partial charge in [-0.1, -0.05) is 12.1 Å². The average Bonchev–Trinajstić information content (AvgIpc) is 2.66. The smallest absolute Gasteiger partial charge is 0.417 e. The van der Waals surface area contributed by atoms with Crippen molar-refractivity contribution in [2.75, 3.05) is 13.1 Å². The van der Waals surface area contributed by atoms with Gasteiger partial charge in [0.1, 0.15) is 5.75 Å². The van der Waals surface area contributed by atoms with Gasteiger partial charge in [-0.05, 0) is 60.8 Å². The van der Waals surface area contributed by atoms with Crippen molar-refractivity contribution in [1.82, 2.24) is 9.88 Å². The molecule has 154 valence electrons. The summed E-state index contributed by atoms with van der Waals surface area (Å²) in [5.41, 5.74) is 0.538. The lowest BCUT2D eigenvalue weighted by Gasteiger charge is -2.52. The minimum atomic E-state index is -4.42. The van der Waals surface area contributed by atoms with E-state index in [4.69, 9.17) is 9.84 Å². The number of benzene rings is 1. The molecule has 5 nitrogen and oxygen atoms in total. The fourth-order valence-electron chi connectivity index (χ4n) is 4.36. The fraction of sp³-hybridized carbons (Fsp3) is 0.429. The lowest BCUT2D eigenvalue weighted by Crippen LogP contribution is -2.47. The van der Waals surface area contributed by atoms with E-state index < -0.39 is 17.8 Å². The molecule has 1 saturated carbocycles. The SMILES string of the molecule is O=C(O)N1CCC2(CC1)CC(c1cccc(Oc3ccc(C(F)(F)F)cn3)c1)C2. The third-order valence-electron chi connectivity index (χ3n) is 6.07. The van der Waals surface area contributed by atoms with E-state index >= 15 is 0 Å². The highest BCUT2D eigenvalue weighted by molar-refractivity contribution is 5.65. The van der Waals surface area contributed by atoms with Gasteiger partial charge >= 0.3 is 12.3 Å². The van der Waals surface area contributed by atoms with E-state index in [0.717, 1.165) is 43.5 Å². The van der Waals surface area contributed by atoms with E-state index in [1.807, 2.05) is 18.2 Å². The molecule has 1 spiro atoms. The van der Waals surface area contributed by atoms with Gasteiger partial charge in [-0.2, -0.15) is 13.2 Å². The number of rotatable bonds is 3. The fourth-order valence-corrected chi connectivity index (χ4v) is 4.36. The van der Waals surface area contributed by atoms with Crippen molar-refractivity contribution >= 4 is 6.09 Å². The summed E-state index contributed by atoms with van der Waals surface area (Å²) in [6.07, 6.45) is -0.698. The molecule has 0 atom stereocenters. The van der Waals surface area contributed by atoms with E-state index in [1.165, 1.54) is 11.0 Å². The first kappa shape index (κ1) is 19.5. The number of amides is 1. The van der Waals surface area contributed by atoms with Crippen LogP contribution in [0.4, 0.5) is 18.0 Å². The summed E-state index contributed by atoms with van der Waals surface area (Å²) in [5, 5.41) is 9.09. The summed E-state index contributed by atoms with van der Waals surface area (Å²) in [6.45, 7) is 1.18. The Morgan fingerprint density at radius 1 is 1.17 bits per heavy atom. The van der Waals surface area contributed by atoms with Gasteiger partial charge in [-0.25, -0.2) is 9.78 Å². The van der Waals surface area contributed by atoms with Crippen LogP contribution in [0.15, 0.2) is 42.6 Å². The van der Waals surface area contributed by atoms with Crippen molar-refractivity contribution < 1.29 is 27.8 Å². The van der Waals surface area contributed by atoms with Crippen molar-refractivity contribution in [3.8, 4) is 11.6 Å². The lowest BCUT2D eigenvalue weighted by molar-refractivity contribution is -0.137. The lowest BCUT2D eigenvalue weighted by atomic mass is 9.56. The Bertz CT molecular complexity index is 883. The number of carboxylic acid groups (broad SMARTS) is 1. The number of hydrogen-bond donors (Lipinski definition) is 1. The van der Waals surface area contributed by atoms with Crippen molar-refractivity contribution in [3.05, 3.63) is 53.7 Å². The molecule has 0 bridgehead atoms. The van der Waals surface area contributed by atoms with Crippen LogP contribution in [0.5, 0.6) is 11.6 Å². The maximum Gasteiger partial charge on any atom is 0.417 e. The predicted octanol–water partition coefficient (Wildman–Crippen LogP) is 5.53. The third kappa shape index (κ3) is 4.16. The molecule has 2 aliphatic rings. The Hall–Kier alpha value is -2.77. The predicted molar refractivity (Wildman–Crippen MR) is 99.0 cm³/mol. The molecule has 0 radical (unpaired) electrons. The highest BCUT2D eigenvalue weighted by Gasteiger charge is 2.46. The van der Waals surface area contributed by atoms with Gasteiger partial charge in [-0.3, -0.25) is 0 Å². The Labute approximate surface area is 166 Å². The van der Waals surface area contributed by atoms with Gasteiger partial charge in [0, 0.05) is 25.4 Å². The number of alkyl halides is 3. The van der Waals surface area contributed by atoms with Crippen LogP contribution in [-0.4, -0.2) is 34.2 Å². The van der Waals surface area contributed by atoms with Gasteiger partial charge in [-0.15, -0.1) is 0 Å². The summed E-state index contributed by atoms with van der Waals surface area (Å²) >= 11 is 0. The van der Waals surface area contributed by atoms with Crippen LogP contribution in [-0.2, 0) is 6.18 Å². The molecule has 2 aromatic rings. The largest absolute Gasteiger partial charge is 0.465 e. The number of halogens is 3. The van der Waals surface area contributed by atoms with Gasteiger partial charge in [0.15, 0.2) is 0 Å². The molecule has 4 rings (SSSR count). The minimum absolute atomic E-state index is 0.112. The molecule has 1 aromatic heterocycles. The Morgan fingerprint density at radius 2 is 1.90 bits per heavy atom. The molecular weight excluding hydrogens is 385 g/mol. The first-order chi connectivity index (χ1) is 13.7. The van der Waals surface area contributed by atoms with Crippen LogP contribution in [0.2, 0.25) is 0 Å². The second-order valence-corrected chi connectivity index (χ2v) is 7.93. The number of carbonyl (C=O) groups is 1. The number of likely N-dealkylation sites (tertiary alicyclic amines) is 1. The van der Waals surface area contributed by atoms with Crippen LogP contribution in [0.25, 0.3) is 0 Å². The molecule has 1 aliphatic heterocycles. The molecule has 1 aliphatic carbocycles. The molecule has 1 N–H and O–H groups in total. The molecule has 8 heteroatoms. The topological polar surface area (TPSA) is 62.7 Å². The normalized spacial score (nSPS) is 19.1. The van der Waals surface area contributed by atoms with E-state index in [9.17, 15) is 18.0 Å². The van der Waals surface area contributed by atoms with E-state index in [0.29, 0.717) is 24.8 Å². The van der Waals surface area contributed by atoms with Gasteiger partial charge in [0.25, 0.3) is 0 Å². The van der Waals surface area contributed by atoms with Crippen molar-refractivity contribution in [2.24, 2.45) is 5.41 Å². The first-order valence-electron chi connectivity index (χ1n) is 9.53. The van der Waals surface area contributed by atoms with Gasteiger partial charge in [0.2, 0.25) is 5.88 Å². The maximum atomic E-state index is 12.6. The highest BCUT2D eigenvalue weighted by Crippen LogP contribution is 2.56. The van der Waals surface area contributed by atoms with E-state index in [2.05, 4.69) is 4.98 Å². The Balaban J connectivity index is 1.37. The summed E-state index contributed by atoms with van der Waals surface area (Å²) in [6, 6.07) is 9.71. The zero-order valence-electron chi connectivity index (χ0n) is 15.7. The number of pyridine rings is 1. The maximum absolute atomic E-state index is 12.6. The molecule has 1 amide bonds. The van der Waals surface area contributed by atoms with Crippen LogP contribution >= 0.6 is 0 Å². The van der Waals surface area contributed by atoms with Crippen LogP contribution in [0.1, 0.15) is 42.7 Å². The van der Waals surface area contributed by atoms with E-state index in [-0.39, 0.29) is 11.3 Å². The number of nitrogens with zero attached hydrogens (tertiary/aromatic N) is 2. The van der Waals surface area contributed by atoms with Crippen LogP contribution in [0, 0.1) is 5.41 Å². The van der Waals surface area contributed by atoms with Crippen molar-refractivity contribution in [2.45, 2.75) is 37.8 Å². The minimum Gasteiger partial charge on any atom is -0.465 e. The second kappa shape index (κ2) is 7.24. The summed E-state index contributed by atoms with van der Waals surface area (Å²) in [4.78, 5) is 16.3. The van der Waals surface area contributed by atoms with Crippen LogP contribution in [0.3, 0.4) is 0 Å². The van der Waals surface area contributed by atoms with Gasteiger partial charge in [0.05, 0.1) is 5.56 Å². The monoisotopic (exact) mass is 406 g/mol. The molecule has 29 heavy (non-hydrogen) atoms. The summed E-state index contributed by atoms with van der Waals surface area (Å²) < 4.78 is 43.5. The number of ether oxygens (including phenoxy) is 1. The molecule has 1 saturated heterocycles. The summed E-state index contributed by atoms with van der Waals surface area (Å²) in [5.74, 6) is 1.04. The standard InChI is InChI=1S/C21H21F3N2O3/c22-21(23,24)16-4-5-18(25-13-16)29-17-3-1-2-14(10-17)15-11-20(12-15)6-8-26(9-7-20)19(27)28/h1-5,10,13,15H,6-9,11-12H2,(H,27,28). The molecule has 0 unspecified atom stereocenters. The van der Waals surface area contributed by atoms with Crippen LogP contribution < -0.4 is 4.74 Å². The number of aromatic nitrogens is 1. The quantitative estimate of drug-likeness (QED) is 0.728. The zero-order valence-corrected chi connectivity index (χ0v) is 15.7. The van der Waals surface area contributed by atoms with Gasteiger partial charge < -0.3 is 14.7 Å². The Kier molecular flexibility index (Phi) is 4.88. The molecule has 2 heterocycles. The summed E-state index contributed by atoms with van der Waals surface area (Å²) in [7, 11) is 0. The first-order valence-corrected chi connectivity index (χ1v) is 9.53. The van der Waals surface area contributed by atoms with Crippen molar-refractivity contribution in [3.63, 3.8) is 0 Å². The number of piperidine rings is 1. The van der Waals surface area contributed by atoms with E-state index in [1.54, 1.807) is 6.07 Å². The van der Waals surface area contributed by atoms with Crippen molar-refractivity contribution in [1.29, 1.82) is 0 Å². The molecular formula is C21H21F3N2O3. The molecule has 1 aromatic carbocycles. The number of hydrogen-bond acceptors (Lipinski definition) is 3. The zero-order chi connectivity index (χ0) is 20.6. The second-order valence-electron chi connectivity index (χ2n) is 7.93. The third-order valence-corrected chi connectivity index (χ3v) is 6.07. The Morgan fingerprint density at radius 3 is 2.48 bits per heavy atom.